The predicted octanol–water partition coefficient (Wildman–Crippen LogP) is 4.97. The van der Waals surface area contributed by atoms with Crippen LogP contribution in [0.1, 0.15) is 31.8 Å². The number of nitrogens with zero attached hydrogens (tertiary/aromatic N) is 2. The van der Waals surface area contributed by atoms with Crippen LogP contribution in [0.4, 0.5) is 24.7 Å². The Morgan fingerprint density at radius 2 is 1.77 bits per heavy atom. The molecule has 0 saturated carbocycles. The molecule has 0 radical (unpaired) electrons. The van der Waals surface area contributed by atoms with Crippen molar-refractivity contribution in [2.45, 2.75) is 13.5 Å². The van der Waals surface area contributed by atoms with Gasteiger partial charge in [-0.3, -0.25) is 9.59 Å². The quantitative estimate of drug-likeness (QED) is 0.256. The monoisotopic (exact) mass is 499 g/mol. The number of nitrogens with two attached hydrogens (primary N) is 1. The highest BCUT2D eigenvalue weighted by molar-refractivity contribution is 6.31. The highest BCUT2D eigenvalue weighted by atomic mass is 35.5. The van der Waals surface area contributed by atoms with Gasteiger partial charge in [0.2, 0.25) is 0 Å². The van der Waals surface area contributed by atoms with Gasteiger partial charge >= 0.3 is 0 Å². The number of halogens is 4. The fraction of sp³-hybridized carbons (Fsp3) is 0.0833. The lowest BCUT2D eigenvalue weighted by Crippen LogP contribution is -2.18. The van der Waals surface area contributed by atoms with Crippen LogP contribution < -0.4 is 16.4 Å². The lowest BCUT2D eigenvalue weighted by molar-refractivity contribution is 0.0997. The number of hydrogen-bond acceptors (Lipinski definition) is 5. The van der Waals surface area contributed by atoms with Crippen molar-refractivity contribution in [3.05, 3.63) is 93.5 Å². The van der Waals surface area contributed by atoms with E-state index in [1.807, 2.05) is 0 Å². The molecule has 0 atom stereocenters. The number of para-hydroxylation sites is 1. The topological polar surface area (TPSA) is 110 Å². The van der Waals surface area contributed by atoms with Gasteiger partial charge < -0.3 is 16.4 Å². The summed E-state index contributed by atoms with van der Waals surface area (Å²) in [6.45, 7) is 1.39. The van der Waals surface area contributed by atoms with Crippen molar-refractivity contribution in [2.24, 2.45) is 5.73 Å². The van der Waals surface area contributed by atoms with Crippen molar-refractivity contribution < 1.29 is 22.8 Å². The van der Waals surface area contributed by atoms with Gasteiger partial charge in [-0.2, -0.15) is 0 Å². The lowest BCUT2D eigenvalue weighted by atomic mass is 10.1. The molecule has 0 unspecified atom stereocenters. The number of aromatic nitrogens is 2. The Labute approximate surface area is 202 Å². The van der Waals surface area contributed by atoms with Crippen molar-refractivity contribution in [1.82, 2.24) is 9.97 Å². The Morgan fingerprint density at radius 1 is 1.03 bits per heavy atom. The van der Waals surface area contributed by atoms with Crippen LogP contribution in [0.3, 0.4) is 0 Å². The summed E-state index contributed by atoms with van der Waals surface area (Å²) in [5.74, 6) is -5.74. The third-order valence-corrected chi connectivity index (χ3v) is 5.73. The van der Waals surface area contributed by atoms with Gasteiger partial charge in [0.25, 0.3) is 11.8 Å². The Morgan fingerprint density at radius 3 is 2.51 bits per heavy atom. The van der Waals surface area contributed by atoms with Crippen molar-refractivity contribution in [1.29, 1.82) is 0 Å². The summed E-state index contributed by atoms with van der Waals surface area (Å²) in [5.41, 5.74) is 5.53. The molecule has 11 heteroatoms. The number of carbonyl (C=O) groups excluding carboxylic acids is 2. The average Bonchev–Trinajstić information content (AvgIpc) is 2.85. The van der Waals surface area contributed by atoms with Gasteiger partial charge in [0.1, 0.15) is 23.5 Å². The van der Waals surface area contributed by atoms with Crippen molar-refractivity contribution in [3.8, 4) is 0 Å². The fourth-order valence-corrected chi connectivity index (χ4v) is 3.68. The summed E-state index contributed by atoms with van der Waals surface area (Å²) in [6, 6.07) is 11.4. The van der Waals surface area contributed by atoms with Crippen LogP contribution in [0.5, 0.6) is 0 Å². The van der Waals surface area contributed by atoms with E-state index in [0.717, 1.165) is 6.92 Å². The van der Waals surface area contributed by atoms with Crippen molar-refractivity contribution >= 4 is 45.8 Å². The molecule has 0 aliphatic rings. The van der Waals surface area contributed by atoms with Crippen molar-refractivity contribution in [2.75, 3.05) is 10.6 Å². The predicted molar refractivity (Wildman–Crippen MR) is 126 cm³/mol. The average molecular weight is 500 g/mol. The fourth-order valence-electron chi connectivity index (χ4n) is 3.52. The molecule has 1 heterocycles. The normalized spacial score (nSPS) is 10.9. The van der Waals surface area contributed by atoms with Gasteiger partial charge in [-0.1, -0.05) is 29.8 Å². The molecule has 35 heavy (non-hydrogen) atoms. The first-order valence-electron chi connectivity index (χ1n) is 10.2. The van der Waals surface area contributed by atoms with Crippen LogP contribution in [0.2, 0.25) is 5.02 Å². The van der Waals surface area contributed by atoms with Crippen molar-refractivity contribution in [3.63, 3.8) is 0 Å². The number of amides is 2. The number of carbonyl (C=O) groups is 2. The molecule has 4 aromatic rings. The Kier molecular flexibility index (Phi) is 6.57. The smallest absolute Gasteiger partial charge is 0.261 e. The SMILES string of the molecule is Cc1c(F)c(C(=O)Nc2cccc(CNc3ncnc4c(C(N)=O)cccc34)c2)c(F)c(F)c1Cl. The van der Waals surface area contributed by atoms with E-state index in [1.54, 1.807) is 36.4 Å². The first-order chi connectivity index (χ1) is 16.7. The van der Waals surface area contributed by atoms with E-state index in [2.05, 4.69) is 20.6 Å². The number of nitrogens with one attached hydrogen (secondary N) is 2. The molecule has 3 aromatic carbocycles. The van der Waals surface area contributed by atoms with Gasteiger partial charge in [0.05, 0.1) is 16.1 Å². The van der Waals surface area contributed by atoms with Crippen LogP contribution in [-0.4, -0.2) is 21.8 Å². The third kappa shape index (κ3) is 4.60. The van der Waals surface area contributed by atoms with E-state index in [9.17, 15) is 22.8 Å². The number of fused-ring (bicyclic) bond motifs is 1. The van der Waals surface area contributed by atoms with Crippen LogP contribution in [-0.2, 0) is 6.54 Å². The molecule has 178 valence electrons. The molecular weight excluding hydrogens is 483 g/mol. The van der Waals surface area contributed by atoms with E-state index >= 15 is 0 Å². The van der Waals surface area contributed by atoms with E-state index < -0.39 is 39.9 Å². The minimum absolute atomic E-state index is 0.227. The molecule has 0 fully saturated rings. The number of rotatable bonds is 6. The van der Waals surface area contributed by atoms with E-state index in [0.29, 0.717) is 22.3 Å². The molecule has 0 aliphatic heterocycles. The van der Waals surface area contributed by atoms with Crippen LogP contribution in [0.25, 0.3) is 10.9 Å². The largest absolute Gasteiger partial charge is 0.366 e. The maximum atomic E-state index is 14.4. The molecule has 2 amide bonds. The highest BCUT2D eigenvalue weighted by Crippen LogP contribution is 2.29. The van der Waals surface area contributed by atoms with Crippen LogP contribution >= 0.6 is 11.6 Å². The first-order valence-corrected chi connectivity index (χ1v) is 10.6. The summed E-state index contributed by atoms with van der Waals surface area (Å²) in [6.07, 6.45) is 1.30. The number of hydrogen-bond donors (Lipinski definition) is 3. The molecule has 1 aromatic heterocycles. The van der Waals surface area contributed by atoms with Crippen LogP contribution in [0.15, 0.2) is 48.8 Å². The third-order valence-electron chi connectivity index (χ3n) is 5.29. The molecular formula is C24H17ClF3N5O2. The first kappa shape index (κ1) is 24.0. The van der Waals surface area contributed by atoms with E-state index in [4.69, 9.17) is 17.3 Å². The lowest BCUT2D eigenvalue weighted by Gasteiger charge is -2.13. The van der Waals surface area contributed by atoms with Gasteiger partial charge in [0.15, 0.2) is 11.6 Å². The molecule has 0 aliphatic carbocycles. The highest BCUT2D eigenvalue weighted by Gasteiger charge is 2.26. The number of benzene rings is 3. The summed E-state index contributed by atoms with van der Waals surface area (Å²) >= 11 is 5.57. The summed E-state index contributed by atoms with van der Waals surface area (Å²) in [5, 5.41) is 5.35. The molecule has 0 spiro atoms. The zero-order valence-corrected chi connectivity index (χ0v) is 18.9. The van der Waals surface area contributed by atoms with E-state index in [-0.39, 0.29) is 23.4 Å². The summed E-state index contributed by atoms with van der Waals surface area (Å²) in [7, 11) is 0. The molecule has 4 rings (SSSR count). The zero-order chi connectivity index (χ0) is 25.3. The Bertz CT molecular complexity index is 1470. The van der Waals surface area contributed by atoms with Gasteiger partial charge in [-0.25, -0.2) is 23.1 Å². The second kappa shape index (κ2) is 9.59. The van der Waals surface area contributed by atoms with Crippen LogP contribution in [0, 0.1) is 24.4 Å². The van der Waals surface area contributed by atoms with Gasteiger partial charge in [0, 0.05) is 23.2 Å². The second-order valence-electron chi connectivity index (χ2n) is 7.55. The summed E-state index contributed by atoms with van der Waals surface area (Å²) < 4.78 is 42.6. The number of anilines is 2. The minimum atomic E-state index is -1.67. The second-order valence-corrected chi connectivity index (χ2v) is 7.93. The minimum Gasteiger partial charge on any atom is -0.366 e. The molecule has 4 N–H and O–H groups in total. The van der Waals surface area contributed by atoms with E-state index in [1.165, 1.54) is 12.4 Å². The molecule has 7 nitrogen and oxygen atoms in total. The summed E-state index contributed by atoms with van der Waals surface area (Å²) in [4.78, 5) is 32.5. The molecule has 0 saturated heterocycles. The van der Waals surface area contributed by atoms with Gasteiger partial charge in [-0.05, 0) is 36.8 Å². The Hall–Kier alpha value is -4.18. The molecule has 0 bridgehead atoms. The number of primary amides is 1. The zero-order valence-electron chi connectivity index (χ0n) is 18.1. The maximum absolute atomic E-state index is 14.4. The van der Waals surface area contributed by atoms with Gasteiger partial charge in [-0.15, -0.1) is 0 Å². The maximum Gasteiger partial charge on any atom is 0.261 e. The standard InChI is InChI=1S/C24H17ClF3N5O2/c1-11-17(25)20(28)19(27)16(18(11)26)24(35)33-13-5-2-4-12(8-13)9-30-23-15-7-3-6-14(22(29)34)21(15)31-10-32-23/h2-8,10H,9H2,1H3,(H2,29,34)(H,33,35)(H,30,31,32). The Balaban J connectivity index is 1.55.